The van der Waals surface area contributed by atoms with E-state index in [2.05, 4.69) is 5.43 Å². The maximum absolute atomic E-state index is 13.9. The average molecular weight is 319 g/mol. The van der Waals surface area contributed by atoms with Crippen LogP contribution in [0.2, 0.25) is 5.02 Å². The molecular formula is C14H11ClF4N2. The molecule has 0 saturated heterocycles. The van der Waals surface area contributed by atoms with Crippen LogP contribution in [0.4, 0.5) is 17.6 Å². The molecule has 0 spiro atoms. The van der Waals surface area contributed by atoms with E-state index in [-0.39, 0.29) is 5.56 Å². The predicted octanol–water partition coefficient (Wildman–Crippen LogP) is 4.05. The van der Waals surface area contributed by atoms with Gasteiger partial charge in [-0.25, -0.2) is 9.82 Å². The topological polar surface area (TPSA) is 38.0 Å². The molecule has 2 nitrogen and oxygen atoms in total. The fourth-order valence-electron chi connectivity index (χ4n) is 1.96. The molecule has 2 aromatic rings. The third kappa shape index (κ3) is 3.53. The number of alkyl halides is 3. The maximum atomic E-state index is 13.9. The van der Waals surface area contributed by atoms with E-state index in [9.17, 15) is 17.6 Å². The molecule has 0 aromatic heterocycles. The van der Waals surface area contributed by atoms with Gasteiger partial charge in [-0.05, 0) is 35.9 Å². The highest BCUT2D eigenvalue weighted by Gasteiger charge is 2.32. The van der Waals surface area contributed by atoms with E-state index < -0.39 is 23.6 Å². The highest BCUT2D eigenvalue weighted by Crippen LogP contribution is 2.33. The molecule has 0 bridgehead atoms. The van der Waals surface area contributed by atoms with Crippen molar-refractivity contribution in [2.24, 2.45) is 5.84 Å². The van der Waals surface area contributed by atoms with Gasteiger partial charge in [0.15, 0.2) is 0 Å². The van der Waals surface area contributed by atoms with Crippen LogP contribution in [0.5, 0.6) is 0 Å². The summed E-state index contributed by atoms with van der Waals surface area (Å²) in [7, 11) is 0. The molecule has 0 heterocycles. The first kappa shape index (κ1) is 15.8. The van der Waals surface area contributed by atoms with Crippen molar-refractivity contribution in [2.75, 3.05) is 0 Å². The monoisotopic (exact) mass is 318 g/mol. The molecule has 0 aliphatic carbocycles. The SMILES string of the molecule is NNC(c1ccc(Cl)cc1)c1cc(C(F)(F)F)ccc1F. The lowest BCUT2D eigenvalue weighted by atomic mass is 9.97. The molecule has 7 heteroatoms. The number of benzene rings is 2. The van der Waals surface area contributed by atoms with Gasteiger partial charge in [0.1, 0.15) is 5.82 Å². The molecule has 2 aromatic carbocycles. The van der Waals surface area contributed by atoms with Gasteiger partial charge in [0.05, 0.1) is 11.6 Å². The fourth-order valence-corrected chi connectivity index (χ4v) is 2.09. The van der Waals surface area contributed by atoms with E-state index in [1.165, 1.54) is 0 Å². The van der Waals surface area contributed by atoms with E-state index >= 15 is 0 Å². The fraction of sp³-hybridized carbons (Fsp3) is 0.143. The van der Waals surface area contributed by atoms with Gasteiger partial charge in [0.2, 0.25) is 0 Å². The van der Waals surface area contributed by atoms with Crippen LogP contribution in [-0.2, 0) is 6.18 Å². The molecule has 2 rings (SSSR count). The first-order valence-electron chi connectivity index (χ1n) is 5.91. The van der Waals surface area contributed by atoms with Crippen molar-refractivity contribution < 1.29 is 17.6 Å². The van der Waals surface area contributed by atoms with Gasteiger partial charge in [-0.2, -0.15) is 13.2 Å². The Hall–Kier alpha value is -1.63. The molecule has 0 fully saturated rings. The van der Waals surface area contributed by atoms with Crippen LogP contribution in [0.3, 0.4) is 0 Å². The summed E-state index contributed by atoms with van der Waals surface area (Å²) in [6.45, 7) is 0. The summed E-state index contributed by atoms with van der Waals surface area (Å²) >= 11 is 5.75. The normalized spacial score (nSPS) is 13.2. The molecule has 0 aliphatic rings. The molecule has 0 radical (unpaired) electrons. The van der Waals surface area contributed by atoms with Crippen molar-refractivity contribution >= 4 is 11.6 Å². The molecule has 0 aliphatic heterocycles. The third-order valence-corrected chi connectivity index (χ3v) is 3.26. The summed E-state index contributed by atoms with van der Waals surface area (Å²) < 4.78 is 52.1. The summed E-state index contributed by atoms with van der Waals surface area (Å²) in [6, 6.07) is 7.52. The van der Waals surface area contributed by atoms with Crippen LogP contribution in [0.15, 0.2) is 42.5 Å². The van der Waals surface area contributed by atoms with E-state index in [4.69, 9.17) is 17.4 Å². The minimum Gasteiger partial charge on any atom is -0.271 e. The summed E-state index contributed by atoms with van der Waals surface area (Å²) in [5.74, 6) is 4.60. The van der Waals surface area contributed by atoms with E-state index in [1.54, 1.807) is 24.3 Å². The van der Waals surface area contributed by atoms with Gasteiger partial charge >= 0.3 is 6.18 Å². The third-order valence-electron chi connectivity index (χ3n) is 3.00. The first-order valence-corrected chi connectivity index (χ1v) is 6.29. The zero-order chi connectivity index (χ0) is 15.6. The van der Waals surface area contributed by atoms with Crippen LogP contribution < -0.4 is 11.3 Å². The van der Waals surface area contributed by atoms with Crippen molar-refractivity contribution in [3.8, 4) is 0 Å². The van der Waals surface area contributed by atoms with Gasteiger partial charge in [0.25, 0.3) is 0 Å². The highest BCUT2D eigenvalue weighted by atomic mass is 35.5. The summed E-state index contributed by atoms with van der Waals surface area (Å²) in [4.78, 5) is 0. The molecule has 0 amide bonds. The van der Waals surface area contributed by atoms with Crippen LogP contribution in [-0.4, -0.2) is 0 Å². The number of hydrogen-bond donors (Lipinski definition) is 2. The van der Waals surface area contributed by atoms with Gasteiger partial charge in [0, 0.05) is 10.6 Å². The number of rotatable bonds is 3. The van der Waals surface area contributed by atoms with Crippen molar-refractivity contribution in [1.82, 2.24) is 5.43 Å². The highest BCUT2D eigenvalue weighted by molar-refractivity contribution is 6.30. The van der Waals surface area contributed by atoms with E-state index in [0.29, 0.717) is 16.7 Å². The number of hydrogen-bond acceptors (Lipinski definition) is 2. The smallest absolute Gasteiger partial charge is 0.271 e. The number of halogens is 5. The lowest BCUT2D eigenvalue weighted by molar-refractivity contribution is -0.137. The van der Waals surface area contributed by atoms with Crippen molar-refractivity contribution in [2.45, 2.75) is 12.2 Å². The Morgan fingerprint density at radius 2 is 1.67 bits per heavy atom. The zero-order valence-corrected chi connectivity index (χ0v) is 11.3. The Morgan fingerprint density at radius 1 is 1.05 bits per heavy atom. The Kier molecular flexibility index (Phi) is 4.51. The van der Waals surface area contributed by atoms with Crippen LogP contribution in [0.1, 0.15) is 22.7 Å². The minimum atomic E-state index is -4.55. The Bertz CT molecular complexity index is 626. The van der Waals surface area contributed by atoms with Gasteiger partial charge in [-0.15, -0.1) is 0 Å². The molecule has 1 atom stereocenters. The zero-order valence-electron chi connectivity index (χ0n) is 10.6. The molecular weight excluding hydrogens is 308 g/mol. The second-order valence-corrected chi connectivity index (χ2v) is 4.82. The number of nitrogens with one attached hydrogen (secondary N) is 1. The van der Waals surface area contributed by atoms with Crippen LogP contribution in [0.25, 0.3) is 0 Å². The quantitative estimate of drug-likeness (QED) is 0.509. The molecule has 21 heavy (non-hydrogen) atoms. The first-order chi connectivity index (χ1) is 9.82. The van der Waals surface area contributed by atoms with Crippen LogP contribution in [0, 0.1) is 5.82 Å². The standard InChI is InChI=1S/C14H11ClF4N2/c15-10-4-1-8(2-5-10)13(21-20)11-7-9(14(17,18)19)3-6-12(11)16/h1-7,13,21H,20H2. The lowest BCUT2D eigenvalue weighted by Crippen LogP contribution is -2.29. The van der Waals surface area contributed by atoms with Crippen LogP contribution >= 0.6 is 11.6 Å². The Morgan fingerprint density at radius 3 is 2.19 bits per heavy atom. The van der Waals surface area contributed by atoms with Crippen molar-refractivity contribution in [3.63, 3.8) is 0 Å². The van der Waals surface area contributed by atoms with E-state index in [0.717, 1.165) is 12.1 Å². The molecule has 112 valence electrons. The summed E-state index contributed by atoms with van der Waals surface area (Å²) in [6.07, 6.45) is -4.55. The van der Waals surface area contributed by atoms with E-state index in [1.807, 2.05) is 0 Å². The molecule has 0 saturated carbocycles. The second kappa shape index (κ2) is 6.01. The van der Waals surface area contributed by atoms with Gasteiger partial charge in [-0.3, -0.25) is 5.84 Å². The number of hydrazine groups is 1. The minimum absolute atomic E-state index is 0.186. The predicted molar refractivity (Wildman–Crippen MR) is 72.0 cm³/mol. The second-order valence-electron chi connectivity index (χ2n) is 4.39. The van der Waals surface area contributed by atoms with Gasteiger partial charge < -0.3 is 0 Å². The van der Waals surface area contributed by atoms with Crippen molar-refractivity contribution in [1.29, 1.82) is 0 Å². The molecule has 3 N–H and O–H groups in total. The van der Waals surface area contributed by atoms with Crippen molar-refractivity contribution in [3.05, 3.63) is 70.0 Å². The summed E-state index contributed by atoms with van der Waals surface area (Å²) in [5.41, 5.74) is 1.70. The largest absolute Gasteiger partial charge is 0.416 e. The van der Waals surface area contributed by atoms with Gasteiger partial charge in [-0.1, -0.05) is 23.7 Å². The Labute approximate surface area is 123 Å². The molecule has 1 unspecified atom stereocenters. The summed E-state index contributed by atoms with van der Waals surface area (Å²) in [5, 5.41) is 0.457. The lowest BCUT2D eigenvalue weighted by Gasteiger charge is -2.19. The maximum Gasteiger partial charge on any atom is 0.416 e. The number of nitrogens with two attached hydrogens (primary N) is 1. The Balaban J connectivity index is 2.49. The average Bonchev–Trinajstić information content (AvgIpc) is 2.42.